The first-order valence-corrected chi connectivity index (χ1v) is 12.1. The molecule has 3 rings (SSSR count). The topological polar surface area (TPSA) is 65.0 Å². The number of unbranched alkanes of at least 4 members (excludes halogenated alkanes) is 1. The lowest BCUT2D eigenvalue weighted by Crippen LogP contribution is -2.40. The van der Waals surface area contributed by atoms with Gasteiger partial charge in [-0.1, -0.05) is 30.7 Å². The third-order valence-corrected chi connectivity index (χ3v) is 6.30. The first-order chi connectivity index (χ1) is 16.7. The van der Waals surface area contributed by atoms with Crippen molar-refractivity contribution < 1.29 is 37.3 Å². The van der Waals surface area contributed by atoms with Crippen LogP contribution in [0.25, 0.3) is 5.57 Å². The van der Waals surface area contributed by atoms with Crippen molar-refractivity contribution in [3.63, 3.8) is 0 Å². The molecule has 2 aromatic rings. The maximum absolute atomic E-state index is 13.5. The number of hydrogen-bond acceptors (Lipinski definition) is 4. The Morgan fingerprint density at radius 1 is 1.14 bits per heavy atom. The number of carboxylic acids is 1. The number of aliphatic carboxylic acids is 1. The average molecular weight is 527 g/mol. The van der Waals surface area contributed by atoms with Crippen LogP contribution in [0.15, 0.2) is 42.5 Å². The first-order valence-electron chi connectivity index (χ1n) is 11.7. The molecule has 1 heterocycles. The molecule has 0 aliphatic carbocycles. The smallest absolute Gasteiger partial charge is 0.416 e. The van der Waals surface area contributed by atoms with Gasteiger partial charge in [0, 0.05) is 11.6 Å². The summed E-state index contributed by atoms with van der Waals surface area (Å²) in [5, 5.41) is 9.43. The predicted molar refractivity (Wildman–Crippen MR) is 132 cm³/mol. The van der Waals surface area contributed by atoms with Crippen LogP contribution in [0.5, 0.6) is 17.2 Å². The molecule has 36 heavy (non-hydrogen) atoms. The van der Waals surface area contributed by atoms with E-state index in [4.69, 9.17) is 25.8 Å². The van der Waals surface area contributed by atoms with Gasteiger partial charge in [0.1, 0.15) is 22.8 Å². The molecule has 9 heteroatoms. The second-order valence-corrected chi connectivity index (χ2v) is 9.89. The Balaban J connectivity index is 1.54. The number of aryl methyl sites for hydroxylation is 1. The molecule has 0 fully saturated rings. The summed E-state index contributed by atoms with van der Waals surface area (Å²) in [5.41, 5.74) is -2.21. The highest BCUT2D eigenvalue weighted by atomic mass is 35.5. The lowest BCUT2D eigenvalue weighted by Gasteiger charge is -2.32. The summed E-state index contributed by atoms with van der Waals surface area (Å²) in [7, 11) is 0. The molecular weight excluding hydrogens is 497 g/mol. The average Bonchev–Trinajstić information content (AvgIpc) is 2.78. The first kappa shape index (κ1) is 27.7. The Morgan fingerprint density at radius 3 is 2.39 bits per heavy atom. The summed E-state index contributed by atoms with van der Waals surface area (Å²) >= 11 is 6.22. The third-order valence-electron chi connectivity index (χ3n) is 6.01. The van der Waals surface area contributed by atoms with Crippen LogP contribution in [0.1, 0.15) is 58.1 Å². The van der Waals surface area contributed by atoms with Gasteiger partial charge in [-0.25, -0.2) is 4.79 Å². The lowest BCUT2D eigenvalue weighted by atomic mass is 9.94. The second-order valence-electron chi connectivity index (χ2n) is 9.48. The van der Waals surface area contributed by atoms with E-state index in [9.17, 15) is 23.1 Å². The normalized spacial score (nSPS) is 16.3. The monoisotopic (exact) mass is 526 g/mol. The van der Waals surface area contributed by atoms with Crippen LogP contribution in [-0.4, -0.2) is 35.1 Å². The van der Waals surface area contributed by atoms with Crippen molar-refractivity contribution in [1.29, 1.82) is 0 Å². The number of fused-ring (bicyclic) bond motifs is 1. The molecule has 196 valence electrons. The number of allylic oxidation sites excluding steroid dienone is 1. The Morgan fingerprint density at radius 2 is 1.81 bits per heavy atom. The van der Waals surface area contributed by atoms with Crippen molar-refractivity contribution in [1.82, 2.24) is 0 Å². The van der Waals surface area contributed by atoms with Crippen LogP contribution < -0.4 is 14.2 Å². The molecule has 0 spiro atoms. The number of rotatable bonds is 10. The summed E-state index contributed by atoms with van der Waals surface area (Å²) in [6.07, 6.45) is -0.879. The van der Waals surface area contributed by atoms with Gasteiger partial charge < -0.3 is 19.3 Å². The standard InChI is InChI=1S/C27H30ClF3O5/c1-5-26(4,24(32)33)35-18-11-9-17(10-12-18)8-6-7-13-34-23-15-22-19(14-21(23)28)20(27(29,30)31)16-25(2,3)36-22/h9-12,14-16H,5-8,13H2,1-4H3,(H,32,33)/t26-/m0/s1. The Hall–Kier alpha value is -2.87. The van der Waals surface area contributed by atoms with Crippen molar-refractivity contribution in [2.75, 3.05) is 6.61 Å². The second kappa shape index (κ2) is 10.6. The van der Waals surface area contributed by atoms with Crippen LogP contribution in [-0.2, 0) is 11.2 Å². The van der Waals surface area contributed by atoms with Gasteiger partial charge in [-0.3, -0.25) is 0 Å². The highest BCUT2D eigenvalue weighted by Crippen LogP contribution is 2.47. The van der Waals surface area contributed by atoms with Crippen LogP contribution >= 0.6 is 11.6 Å². The van der Waals surface area contributed by atoms with Crippen molar-refractivity contribution in [3.05, 3.63) is 58.6 Å². The number of carbonyl (C=O) groups is 1. The van der Waals surface area contributed by atoms with E-state index in [1.165, 1.54) is 19.1 Å². The molecule has 0 saturated carbocycles. The van der Waals surface area contributed by atoms with Crippen LogP contribution in [0.4, 0.5) is 13.2 Å². The van der Waals surface area contributed by atoms with E-state index in [2.05, 4.69) is 0 Å². The van der Waals surface area contributed by atoms with E-state index in [0.717, 1.165) is 24.5 Å². The van der Waals surface area contributed by atoms with Gasteiger partial charge in [0.2, 0.25) is 5.60 Å². The fraction of sp³-hybridized carbons (Fsp3) is 0.444. The minimum atomic E-state index is -4.53. The van der Waals surface area contributed by atoms with Crippen LogP contribution in [0, 0.1) is 0 Å². The van der Waals surface area contributed by atoms with Crippen molar-refractivity contribution >= 4 is 23.1 Å². The molecule has 5 nitrogen and oxygen atoms in total. The molecule has 1 aliphatic rings. The van der Waals surface area contributed by atoms with E-state index in [0.29, 0.717) is 25.2 Å². The summed E-state index contributed by atoms with van der Waals surface area (Å²) in [6.45, 7) is 6.75. The molecule has 1 N–H and O–H groups in total. The molecule has 1 aliphatic heterocycles. The fourth-order valence-corrected chi connectivity index (χ4v) is 4.00. The Bertz CT molecular complexity index is 1130. The van der Waals surface area contributed by atoms with Crippen molar-refractivity contribution in [2.45, 2.75) is 70.8 Å². The zero-order valence-corrected chi connectivity index (χ0v) is 21.4. The molecule has 0 radical (unpaired) electrons. The van der Waals surface area contributed by atoms with Gasteiger partial charge in [-0.15, -0.1) is 0 Å². The molecule has 0 amide bonds. The zero-order chi connectivity index (χ0) is 26.7. The van der Waals surface area contributed by atoms with Crippen molar-refractivity contribution in [2.24, 2.45) is 0 Å². The van der Waals surface area contributed by atoms with E-state index < -0.39 is 28.9 Å². The summed E-state index contributed by atoms with van der Waals surface area (Å²) in [6, 6.07) is 9.93. The molecule has 1 atom stereocenters. The molecule has 0 saturated heterocycles. The molecule has 0 unspecified atom stereocenters. The molecule has 2 aromatic carbocycles. The quantitative estimate of drug-likeness (QED) is 0.325. The molecule has 0 aromatic heterocycles. The lowest BCUT2D eigenvalue weighted by molar-refractivity contribution is -0.154. The van der Waals surface area contributed by atoms with E-state index in [1.54, 1.807) is 32.9 Å². The largest absolute Gasteiger partial charge is 0.492 e. The molecular formula is C27H30ClF3O5. The van der Waals surface area contributed by atoms with Crippen LogP contribution in [0.2, 0.25) is 5.02 Å². The van der Waals surface area contributed by atoms with Gasteiger partial charge >= 0.3 is 12.1 Å². The zero-order valence-electron chi connectivity index (χ0n) is 20.7. The maximum Gasteiger partial charge on any atom is 0.416 e. The van der Waals surface area contributed by atoms with E-state index >= 15 is 0 Å². The van der Waals surface area contributed by atoms with Crippen LogP contribution in [0.3, 0.4) is 0 Å². The van der Waals surface area contributed by atoms with E-state index in [-0.39, 0.29) is 22.1 Å². The molecule has 0 bridgehead atoms. The maximum atomic E-state index is 13.5. The summed E-state index contributed by atoms with van der Waals surface area (Å²) in [4.78, 5) is 11.4. The highest BCUT2D eigenvalue weighted by molar-refractivity contribution is 6.32. The summed E-state index contributed by atoms with van der Waals surface area (Å²) < 4.78 is 57.7. The Kier molecular flexibility index (Phi) is 8.18. The number of hydrogen-bond donors (Lipinski definition) is 1. The van der Waals surface area contributed by atoms with Crippen molar-refractivity contribution in [3.8, 4) is 17.2 Å². The van der Waals surface area contributed by atoms with Gasteiger partial charge in [-0.05, 0) is 76.3 Å². The third kappa shape index (κ3) is 6.66. The number of ether oxygens (including phenoxy) is 3. The minimum absolute atomic E-state index is 0.0820. The number of carboxylic acid groups (broad SMARTS) is 1. The predicted octanol–water partition coefficient (Wildman–Crippen LogP) is 7.49. The number of halogens is 4. The number of alkyl halides is 3. The minimum Gasteiger partial charge on any atom is -0.492 e. The van der Waals surface area contributed by atoms with E-state index in [1.807, 2.05) is 12.1 Å². The number of benzene rings is 2. The summed E-state index contributed by atoms with van der Waals surface area (Å²) in [5.74, 6) is -0.169. The van der Waals surface area contributed by atoms with Gasteiger partial charge in [0.15, 0.2) is 0 Å². The highest BCUT2D eigenvalue weighted by Gasteiger charge is 2.42. The Labute approximate surface area is 213 Å². The fourth-order valence-electron chi connectivity index (χ4n) is 3.78. The van der Waals surface area contributed by atoms with Gasteiger partial charge in [0.05, 0.1) is 17.2 Å². The SMILES string of the molecule is CC[C@](C)(Oc1ccc(CCCCOc2cc3c(cc2Cl)C(C(F)(F)F)=CC(C)(C)O3)cc1)C(=O)O. The van der Waals surface area contributed by atoms with Gasteiger partial charge in [-0.2, -0.15) is 13.2 Å². The van der Waals surface area contributed by atoms with Gasteiger partial charge in [0.25, 0.3) is 0 Å².